The van der Waals surface area contributed by atoms with Gasteiger partial charge in [0.25, 0.3) is 10.0 Å². The van der Waals surface area contributed by atoms with Gasteiger partial charge < -0.3 is 9.47 Å². The molecule has 2 rings (SSSR count). The number of sulfonamides is 1. The number of benzene rings is 1. The Labute approximate surface area is 134 Å². The highest BCUT2D eigenvalue weighted by atomic mass is 35.5. The maximum absolute atomic E-state index is 12.6. The highest BCUT2D eigenvalue weighted by molar-refractivity contribution is 7.92. The van der Waals surface area contributed by atoms with Crippen molar-refractivity contribution >= 4 is 27.3 Å². The third-order valence-corrected chi connectivity index (χ3v) is 5.08. The fourth-order valence-corrected chi connectivity index (χ4v) is 3.08. The van der Waals surface area contributed by atoms with Crippen molar-refractivity contribution in [3.8, 4) is 11.5 Å². The van der Waals surface area contributed by atoms with Gasteiger partial charge in [0.1, 0.15) is 10.0 Å². The molecule has 1 aromatic carbocycles. The number of hydrogen-bond donors (Lipinski definition) is 0. The van der Waals surface area contributed by atoms with Crippen molar-refractivity contribution in [3.05, 3.63) is 41.7 Å². The van der Waals surface area contributed by atoms with E-state index < -0.39 is 10.0 Å². The summed E-state index contributed by atoms with van der Waals surface area (Å²) in [6, 6.07) is 7.68. The van der Waals surface area contributed by atoms with Crippen molar-refractivity contribution < 1.29 is 17.9 Å². The number of ether oxygens (including phenoxy) is 2. The third kappa shape index (κ3) is 3.10. The van der Waals surface area contributed by atoms with Gasteiger partial charge in [-0.05, 0) is 24.3 Å². The summed E-state index contributed by atoms with van der Waals surface area (Å²) in [6.45, 7) is 0. The summed E-state index contributed by atoms with van der Waals surface area (Å²) in [5.74, 6) is 0.960. The van der Waals surface area contributed by atoms with E-state index in [9.17, 15) is 8.42 Å². The number of methoxy groups -OCH3 is 2. The molecule has 2 aromatic rings. The second kappa shape index (κ2) is 6.41. The highest BCUT2D eigenvalue weighted by Crippen LogP contribution is 2.32. The molecule has 0 atom stereocenters. The lowest BCUT2D eigenvalue weighted by molar-refractivity contribution is 0.355. The Morgan fingerprint density at radius 2 is 1.77 bits per heavy atom. The molecule has 0 bridgehead atoms. The van der Waals surface area contributed by atoms with Gasteiger partial charge in [-0.1, -0.05) is 11.6 Å². The Balaban J connectivity index is 2.42. The molecular weight excluding hydrogens is 328 g/mol. The fraction of sp³-hybridized carbons (Fsp3) is 0.214. The summed E-state index contributed by atoms with van der Waals surface area (Å²) in [4.78, 5) is 3.85. The molecule has 22 heavy (non-hydrogen) atoms. The van der Waals surface area contributed by atoms with Crippen LogP contribution < -0.4 is 13.8 Å². The number of pyridine rings is 1. The molecule has 0 aliphatic carbocycles. The van der Waals surface area contributed by atoms with Crippen molar-refractivity contribution in [2.75, 3.05) is 25.6 Å². The number of nitrogens with zero attached hydrogens (tertiary/aromatic N) is 2. The van der Waals surface area contributed by atoms with E-state index in [2.05, 4.69) is 4.98 Å². The topological polar surface area (TPSA) is 68.7 Å². The van der Waals surface area contributed by atoms with E-state index in [1.165, 1.54) is 39.6 Å². The van der Waals surface area contributed by atoms with Crippen LogP contribution in [0.5, 0.6) is 11.5 Å². The average molecular weight is 343 g/mol. The molecule has 0 spiro atoms. The summed E-state index contributed by atoms with van der Waals surface area (Å²) in [5.41, 5.74) is 0.438. The number of anilines is 1. The number of hydrogen-bond acceptors (Lipinski definition) is 5. The summed E-state index contributed by atoms with van der Waals surface area (Å²) >= 11 is 5.68. The van der Waals surface area contributed by atoms with Crippen LogP contribution in [0.4, 0.5) is 5.69 Å². The molecule has 0 fully saturated rings. The molecule has 0 N–H and O–H groups in total. The first-order valence-corrected chi connectivity index (χ1v) is 8.04. The smallest absolute Gasteiger partial charge is 0.265 e. The molecule has 0 unspecified atom stereocenters. The summed E-state index contributed by atoms with van der Waals surface area (Å²) in [5, 5.41) is 0.229. The quantitative estimate of drug-likeness (QED) is 0.781. The van der Waals surface area contributed by atoms with E-state index in [0.717, 1.165) is 4.31 Å². The Hall–Kier alpha value is -1.99. The van der Waals surface area contributed by atoms with Gasteiger partial charge in [0, 0.05) is 19.3 Å². The molecule has 0 saturated carbocycles. The molecule has 1 aromatic heterocycles. The van der Waals surface area contributed by atoms with Gasteiger partial charge in [0.05, 0.1) is 19.9 Å². The van der Waals surface area contributed by atoms with Gasteiger partial charge in [-0.15, -0.1) is 0 Å². The largest absolute Gasteiger partial charge is 0.493 e. The molecule has 0 amide bonds. The lowest BCUT2D eigenvalue weighted by atomic mass is 10.3. The number of halogens is 1. The van der Waals surface area contributed by atoms with Gasteiger partial charge in [0.15, 0.2) is 11.5 Å². The van der Waals surface area contributed by atoms with Crippen molar-refractivity contribution in [1.29, 1.82) is 0 Å². The van der Waals surface area contributed by atoms with Crippen molar-refractivity contribution in [2.24, 2.45) is 0 Å². The maximum Gasteiger partial charge on any atom is 0.265 e. The molecule has 1 heterocycles. The predicted molar refractivity (Wildman–Crippen MR) is 84.4 cm³/mol. The standard InChI is InChI=1S/C14H15ClN2O4S/c1-17(10-4-6-12(20-2)13(8-10)21-3)22(18,19)11-5-7-14(15)16-9-11/h4-9H,1-3H3. The normalized spacial score (nSPS) is 11.1. The Morgan fingerprint density at radius 3 is 2.32 bits per heavy atom. The lowest BCUT2D eigenvalue weighted by Crippen LogP contribution is -2.26. The van der Waals surface area contributed by atoms with Gasteiger partial charge in [-0.2, -0.15) is 0 Å². The Kier molecular flexibility index (Phi) is 4.77. The zero-order chi connectivity index (χ0) is 16.3. The molecule has 6 nitrogen and oxygen atoms in total. The number of rotatable bonds is 5. The van der Waals surface area contributed by atoms with E-state index in [4.69, 9.17) is 21.1 Å². The van der Waals surface area contributed by atoms with Crippen LogP contribution >= 0.6 is 11.6 Å². The minimum Gasteiger partial charge on any atom is -0.493 e. The third-order valence-electron chi connectivity index (χ3n) is 3.09. The molecule has 0 saturated heterocycles. The lowest BCUT2D eigenvalue weighted by Gasteiger charge is -2.20. The van der Waals surface area contributed by atoms with Crippen molar-refractivity contribution in [3.63, 3.8) is 0 Å². The van der Waals surface area contributed by atoms with Crippen LogP contribution in [0.15, 0.2) is 41.4 Å². The van der Waals surface area contributed by atoms with E-state index in [0.29, 0.717) is 17.2 Å². The minimum atomic E-state index is -3.74. The van der Waals surface area contributed by atoms with Gasteiger partial charge >= 0.3 is 0 Å². The first-order valence-electron chi connectivity index (χ1n) is 6.22. The van der Waals surface area contributed by atoms with Crippen LogP contribution in [0.2, 0.25) is 5.15 Å². The van der Waals surface area contributed by atoms with Crippen LogP contribution in [0.1, 0.15) is 0 Å². The first kappa shape index (κ1) is 16.4. The number of aromatic nitrogens is 1. The predicted octanol–water partition coefficient (Wildman–Crippen LogP) is 2.58. The zero-order valence-corrected chi connectivity index (χ0v) is 13.9. The molecule has 118 valence electrons. The monoisotopic (exact) mass is 342 g/mol. The van der Waals surface area contributed by atoms with Crippen LogP contribution in [0.3, 0.4) is 0 Å². The summed E-state index contributed by atoms with van der Waals surface area (Å²) < 4.78 is 36.6. The van der Waals surface area contributed by atoms with E-state index in [-0.39, 0.29) is 10.0 Å². The van der Waals surface area contributed by atoms with Gasteiger partial charge in [-0.3, -0.25) is 4.31 Å². The summed E-state index contributed by atoms with van der Waals surface area (Å²) in [7, 11) is 0.709. The molecule has 8 heteroatoms. The zero-order valence-electron chi connectivity index (χ0n) is 12.3. The van der Waals surface area contributed by atoms with Gasteiger partial charge in [0.2, 0.25) is 0 Å². The van der Waals surface area contributed by atoms with Crippen molar-refractivity contribution in [2.45, 2.75) is 4.90 Å². The highest BCUT2D eigenvalue weighted by Gasteiger charge is 2.22. The molecule has 0 aliphatic heterocycles. The maximum atomic E-state index is 12.6. The van der Waals surface area contributed by atoms with Gasteiger partial charge in [-0.25, -0.2) is 13.4 Å². The van der Waals surface area contributed by atoms with E-state index in [1.807, 2.05) is 0 Å². The average Bonchev–Trinajstić information content (AvgIpc) is 2.53. The summed E-state index contributed by atoms with van der Waals surface area (Å²) in [6.07, 6.45) is 1.22. The SMILES string of the molecule is COc1ccc(N(C)S(=O)(=O)c2ccc(Cl)nc2)cc1OC. The van der Waals surface area contributed by atoms with E-state index in [1.54, 1.807) is 18.2 Å². The second-order valence-electron chi connectivity index (χ2n) is 4.33. The van der Waals surface area contributed by atoms with Crippen LogP contribution in [-0.4, -0.2) is 34.7 Å². The van der Waals surface area contributed by atoms with E-state index >= 15 is 0 Å². The molecule has 0 aliphatic rings. The van der Waals surface area contributed by atoms with Crippen LogP contribution in [0.25, 0.3) is 0 Å². The molecular formula is C14H15ClN2O4S. The fourth-order valence-electron chi connectivity index (χ4n) is 1.83. The molecule has 0 radical (unpaired) electrons. The van der Waals surface area contributed by atoms with Crippen LogP contribution in [0, 0.1) is 0 Å². The van der Waals surface area contributed by atoms with Crippen molar-refractivity contribution in [1.82, 2.24) is 4.98 Å². The Bertz CT molecular complexity index is 763. The minimum absolute atomic E-state index is 0.0502. The second-order valence-corrected chi connectivity index (χ2v) is 6.68. The Morgan fingerprint density at radius 1 is 1.09 bits per heavy atom. The van der Waals surface area contributed by atoms with Crippen LogP contribution in [-0.2, 0) is 10.0 Å². The first-order chi connectivity index (χ1) is 10.4.